The fourth-order valence-corrected chi connectivity index (χ4v) is 3.03. The molecule has 1 aliphatic rings. The number of unbranched alkanes of at least 4 members (excludes halogenated alkanes) is 1. The van der Waals surface area contributed by atoms with Gasteiger partial charge in [-0.2, -0.15) is 11.8 Å². The summed E-state index contributed by atoms with van der Waals surface area (Å²) in [6.45, 7) is 2.33. The molecule has 0 aromatic rings. The van der Waals surface area contributed by atoms with E-state index in [1.54, 1.807) is 0 Å². The number of nitrogens with zero attached hydrogens (tertiary/aromatic N) is 1. The van der Waals surface area contributed by atoms with Crippen molar-refractivity contribution in [2.45, 2.75) is 51.0 Å². The van der Waals surface area contributed by atoms with Crippen molar-refractivity contribution in [3.05, 3.63) is 0 Å². The summed E-state index contributed by atoms with van der Waals surface area (Å²) in [4.78, 5) is 13.1. The van der Waals surface area contributed by atoms with E-state index in [4.69, 9.17) is 5.11 Å². The van der Waals surface area contributed by atoms with Crippen molar-refractivity contribution in [2.75, 3.05) is 25.1 Å². The van der Waals surface area contributed by atoms with Gasteiger partial charge in [0.25, 0.3) is 0 Å². The molecule has 1 N–H and O–H groups in total. The van der Waals surface area contributed by atoms with Crippen LogP contribution < -0.4 is 0 Å². The molecular formula is C13H25NO2S. The second-order valence-electron chi connectivity index (χ2n) is 4.82. The average Bonchev–Trinajstić information content (AvgIpc) is 2.33. The number of carboxylic acids is 1. The van der Waals surface area contributed by atoms with E-state index in [0.29, 0.717) is 12.5 Å². The van der Waals surface area contributed by atoms with Crippen molar-refractivity contribution >= 4 is 17.7 Å². The van der Waals surface area contributed by atoms with Crippen LogP contribution in [0, 0.1) is 0 Å². The Morgan fingerprint density at radius 3 is 2.94 bits per heavy atom. The van der Waals surface area contributed by atoms with E-state index in [0.717, 1.165) is 13.0 Å². The lowest BCUT2D eigenvalue weighted by Crippen LogP contribution is -2.40. The van der Waals surface area contributed by atoms with Crippen LogP contribution in [-0.4, -0.2) is 47.1 Å². The van der Waals surface area contributed by atoms with Crippen molar-refractivity contribution in [1.29, 1.82) is 0 Å². The highest BCUT2D eigenvalue weighted by molar-refractivity contribution is 7.98. The molecule has 3 nitrogen and oxygen atoms in total. The Hall–Kier alpha value is -0.220. The van der Waals surface area contributed by atoms with Crippen molar-refractivity contribution in [2.24, 2.45) is 0 Å². The number of rotatable bonds is 8. The Kier molecular flexibility index (Phi) is 7.69. The largest absolute Gasteiger partial charge is 0.481 e. The van der Waals surface area contributed by atoms with Crippen LogP contribution in [0.4, 0.5) is 0 Å². The molecule has 17 heavy (non-hydrogen) atoms. The maximum atomic E-state index is 10.6. The summed E-state index contributed by atoms with van der Waals surface area (Å²) in [5, 5.41) is 8.76. The molecule has 0 spiro atoms. The number of likely N-dealkylation sites (tertiary alicyclic amines) is 1. The molecule has 0 radical (unpaired) electrons. The Morgan fingerprint density at radius 1 is 1.41 bits per heavy atom. The molecule has 1 heterocycles. The zero-order valence-electron chi connectivity index (χ0n) is 10.9. The Morgan fingerprint density at radius 2 is 2.24 bits per heavy atom. The summed E-state index contributed by atoms with van der Waals surface area (Å²) in [5.74, 6) is 0.589. The monoisotopic (exact) mass is 259 g/mol. The van der Waals surface area contributed by atoms with Gasteiger partial charge >= 0.3 is 5.97 Å². The van der Waals surface area contributed by atoms with Gasteiger partial charge in [0.15, 0.2) is 0 Å². The standard InChI is InChI=1S/C13H25NO2S/c1-17-11-5-4-10-14-9-3-2-6-12(14)7-8-13(15)16/h12H,2-11H2,1H3,(H,15,16). The van der Waals surface area contributed by atoms with E-state index >= 15 is 0 Å². The molecule has 1 unspecified atom stereocenters. The number of thioether (sulfide) groups is 1. The van der Waals surface area contributed by atoms with E-state index in [-0.39, 0.29) is 0 Å². The summed E-state index contributed by atoms with van der Waals surface area (Å²) in [6, 6.07) is 0.522. The Bertz CT molecular complexity index is 223. The van der Waals surface area contributed by atoms with Gasteiger partial charge in [-0.25, -0.2) is 0 Å². The Labute approximate surface area is 109 Å². The first-order valence-electron chi connectivity index (χ1n) is 6.69. The predicted octanol–water partition coefficient (Wildman–Crippen LogP) is 2.85. The van der Waals surface area contributed by atoms with Gasteiger partial charge in [-0.15, -0.1) is 0 Å². The highest BCUT2D eigenvalue weighted by Crippen LogP contribution is 2.21. The zero-order chi connectivity index (χ0) is 12.5. The van der Waals surface area contributed by atoms with Gasteiger partial charge in [-0.05, 0) is 57.2 Å². The number of carboxylic acid groups (broad SMARTS) is 1. The summed E-state index contributed by atoms with van der Waals surface area (Å²) in [6.07, 6.45) is 9.58. The lowest BCUT2D eigenvalue weighted by Gasteiger charge is -2.35. The molecule has 1 aliphatic heterocycles. The van der Waals surface area contributed by atoms with Crippen molar-refractivity contribution in [3.63, 3.8) is 0 Å². The number of hydrogen-bond donors (Lipinski definition) is 1. The molecule has 100 valence electrons. The summed E-state index contributed by atoms with van der Waals surface area (Å²) >= 11 is 1.91. The van der Waals surface area contributed by atoms with Crippen LogP contribution in [0.5, 0.6) is 0 Å². The van der Waals surface area contributed by atoms with Gasteiger partial charge < -0.3 is 10.0 Å². The number of hydrogen-bond acceptors (Lipinski definition) is 3. The molecule has 0 aromatic carbocycles. The van der Waals surface area contributed by atoms with E-state index in [2.05, 4.69) is 11.2 Å². The predicted molar refractivity (Wildman–Crippen MR) is 73.7 cm³/mol. The first kappa shape index (κ1) is 14.8. The second kappa shape index (κ2) is 8.81. The van der Waals surface area contributed by atoms with Crippen LogP contribution in [0.2, 0.25) is 0 Å². The van der Waals surface area contributed by atoms with E-state index in [1.165, 1.54) is 44.4 Å². The van der Waals surface area contributed by atoms with Crippen molar-refractivity contribution in [3.8, 4) is 0 Å². The minimum atomic E-state index is -0.655. The van der Waals surface area contributed by atoms with E-state index in [9.17, 15) is 4.79 Å². The second-order valence-corrected chi connectivity index (χ2v) is 5.80. The minimum Gasteiger partial charge on any atom is -0.481 e. The van der Waals surface area contributed by atoms with Gasteiger partial charge in [0.1, 0.15) is 0 Å². The third-order valence-corrected chi connectivity index (χ3v) is 4.18. The van der Waals surface area contributed by atoms with Gasteiger partial charge in [0, 0.05) is 12.5 Å². The van der Waals surface area contributed by atoms with Crippen LogP contribution in [0.15, 0.2) is 0 Å². The highest BCUT2D eigenvalue weighted by Gasteiger charge is 2.22. The van der Waals surface area contributed by atoms with Gasteiger partial charge in [-0.3, -0.25) is 4.79 Å². The van der Waals surface area contributed by atoms with Crippen LogP contribution in [-0.2, 0) is 4.79 Å². The van der Waals surface area contributed by atoms with E-state index in [1.807, 2.05) is 11.8 Å². The molecule has 1 fully saturated rings. The molecular weight excluding hydrogens is 234 g/mol. The quantitative estimate of drug-likeness (QED) is 0.681. The number of carbonyl (C=O) groups is 1. The molecule has 4 heteroatoms. The normalized spacial score (nSPS) is 21.6. The summed E-state index contributed by atoms with van der Waals surface area (Å²) < 4.78 is 0. The smallest absolute Gasteiger partial charge is 0.303 e. The molecule has 1 rings (SSSR count). The lowest BCUT2D eigenvalue weighted by molar-refractivity contribution is -0.137. The van der Waals surface area contributed by atoms with Crippen LogP contribution in [0.3, 0.4) is 0 Å². The van der Waals surface area contributed by atoms with Gasteiger partial charge in [0.2, 0.25) is 0 Å². The van der Waals surface area contributed by atoms with Crippen LogP contribution in [0.1, 0.15) is 44.9 Å². The fraction of sp³-hybridized carbons (Fsp3) is 0.923. The fourth-order valence-electron chi connectivity index (χ4n) is 2.53. The van der Waals surface area contributed by atoms with Gasteiger partial charge in [0.05, 0.1) is 0 Å². The SMILES string of the molecule is CSCCCCN1CCCCC1CCC(=O)O. The lowest BCUT2D eigenvalue weighted by atomic mass is 9.97. The van der Waals surface area contributed by atoms with Crippen LogP contribution in [0.25, 0.3) is 0 Å². The maximum absolute atomic E-state index is 10.6. The van der Waals surface area contributed by atoms with E-state index < -0.39 is 5.97 Å². The minimum absolute atomic E-state index is 0.325. The maximum Gasteiger partial charge on any atom is 0.303 e. The molecule has 0 saturated carbocycles. The highest BCUT2D eigenvalue weighted by atomic mass is 32.2. The molecule has 0 bridgehead atoms. The van der Waals surface area contributed by atoms with Crippen molar-refractivity contribution < 1.29 is 9.90 Å². The zero-order valence-corrected chi connectivity index (χ0v) is 11.7. The van der Waals surface area contributed by atoms with Crippen molar-refractivity contribution in [1.82, 2.24) is 4.90 Å². The summed E-state index contributed by atoms with van der Waals surface area (Å²) in [7, 11) is 0. The molecule has 0 aliphatic carbocycles. The third-order valence-electron chi connectivity index (χ3n) is 3.48. The number of piperidine rings is 1. The first-order valence-corrected chi connectivity index (χ1v) is 8.08. The molecule has 1 atom stereocenters. The molecule has 0 amide bonds. The Balaban J connectivity index is 2.24. The molecule has 0 aromatic heterocycles. The topological polar surface area (TPSA) is 40.5 Å². The van der Waals surface area contributed by atoms with Crippen LogP contribution >= 0.6 is 11.8 Å². The number of aliphatic carboxylic acids is 1. The average molecular weight is 259 g/mol. The third kappa shape index (κ3) is 6.32. The first-order chi connectivity index (χ1) is 8.24. The summed E-state index contributed by atoms with van der Waals surface area (Å²) in [5.41, 5.74) is 0. The molecule has 1 saturated heterocycles. The van der Waals surface area contributed by atoms with Gasteiger partial charge in [-0.1, -0.05) is 6.42 Å².